The Balaban J connectivity index is 1.61. The van der Waals surface area contributed by atoms with Gasteiger partial charge in [0, 0.05) is 22.8 Å². The van der Waals surface area contributed by atoms with E-state index in [0.717, 1.165) is 22.4 Å². The van der Waals surface area contributed by atoms with Crippen LogP contribution < -0.4 is 0 Å². The molecule has 0 saturated heterocycles. The number of aromatic nitrogens is 3. The van der Waals surface area contributed by atoms with Crippen LogP contribution in [0.1, 0.15) is 34.2 Å². The molecule has 4 aromatic rings. The van der Waals surface area contributed by atoms with E-state index in [4.69, 9.17) is 8.94 Å². The molecule has 0 amide bonds. The highest BCUT2D eigenvalue weighted by Crippen LogP contribution is 2.39. The summed E-state index contributed by atoms with van der Waals surface area (Å²) in [5.74, 6) is 2.02. The normalized spacial score (nSPS) is 12.0. The maximum Gasteiger partial charge on any atom is 0.247 e. The van der Waals surface area contributed by atoms with Gasteiger partial charge in [0.15, 0.2) is 12.0 Å². The molecule has 0 radical (unpaired) electrons. The van der Waals surface area contributed by atoms with Gasteiger partial charge in [-0.3, -0.25) is 4.79 Å². The Hall–Kier alpha value is -3.39. The third-order valence-corrected chi connectivity index (χ3v) is 5.41. The number of hydrogen-bond acceptors (Lipinski definition) is 8. The van der Waals surface area contributed by atoms with E-state index in [-0.39, 0.29) is 16.8 Å². The average Bonchev–Trinajstić information content (AvgIpc) is 3.43. The zero-order valence-corrected chi connectivity index (χ0v) is 16.3. The first-order chi connectivity index (χ1) is 14.2. The van der Waals surface area contributed by atoms with E-state index in [1.54, 1.807) is 30.0 Å². The van der Waals surface area contributed by atoms with Gasteiger partial charge < -0.3 is 14.0 Å². The summed E-state index contributed by atoms with van der Waals surface area (Å²) < 4.78 is 10.8. The summed E-state index contributed by atoms with van der Waals surface area (Å²) in [4.78, 5) is 10.7. The number of phenolic OH excluding ortho intramolecular Hbond substituents is 1. The molecule has 8 heteroatoms. The van der Waals surface area contributed by atoms with Gasteiger partial charge in [0.05, 0.1) is 0 Å². The van der Waals surface area contributed by atoms with Gasteiger partial charge in [-0.25, -0.2) is 0 Å². The molecule has 0 fully saturated rings. The first-order valence-corrected chi connectivity index (χ1v) is 10.00. The highest BCUT2D eigenvalue weighted by molar-refractivity contribution is 7.99. The van der Waals surface area contributed by atoms with E-state index >= 15 is 0 Å². The predicted molar refractivity (Wildman–Crippen MR) is 109 cm³/mol. The van der Waals surface area contributed by atoms with Gasteiger partial charge in [0.25, 0.3) is 0 Å². The van der Waals surface area contributed by atoms with Crippen molar-refractivity contribution in [2.45, 2.75) is 12.2 Å². The van der Waals surface area contributed by atoms with Crippen LogP contribution in [-0.4, -0.2) is 32.5 Å². The molecule has 146 valence electrons. The third kappa shape index (κ3) is 3.93. The van der Waals surface area contributed by atoms with Crippen LogP contribution in [0, 0.1) is 0 Å². The zero-order chi connectivity index (χ0) is 20.2. The van der Waals surface area contributed by atoms with Crippen molar-refractivity contribution in [3.8, 4) is 28.5 Å². The molecule has 2 heterocycles. The maximum atomic E-state index is 10.7. The van der Waals surface area contributed by atoms with Gasteiger partial charge in [0.1, 0.15) is 16.7 Å². The number of rotatable bonds is 7. The maximum absolute atomic E-state index is 10.7. The molecule has 0 aliphatic rings. The summed E-state index contributed by atoms with van der Waals surface area (Å²) in [6.07, 6.45) is 0.611. The third-order valence-electron chi connectivity index (χ3n) is 4.29. The Morgan fingerprint density at radius 3 is 2.55 bits per heavy atom. The second-order valence-corrected chi connectivity index (χ2v) is 7.53. The molecular formula is C21H17N3O4S. The van der Waals surface area contributed by atoms with Gasteiger partial charge in [-0.05, 0) is 24.0 Å². The molecule has 29 heavy (non-hydrogen) atoms. The van der Waals surface area contributed by atoms with Gasteiger partial charge in [-0.1, -0.05) is 42.4 Å². The molecule has 4 rings (SSSR count). The number of aromatic hydroxyl groups is 1. The lowest BCUT2D eigenvalue weighted by molar-refractivity contribution is 0.109. The molecule has 1 N–H and O–H groups in total. The van der Waals surface area contributed by atoms with Crippen LogP contribution in [0.5, 0.6) is 5.75 Å². The number of aldehydes is 1. The molecule has 0 aliphatic heterocycles. The van der Waals surface area contributed by atoms with E-state index in [1.165, 1.54) is 0 Å². The van der Waals surface area contributed by atoms with E-state index < -0.39 is 0 Å². The van der Waals surface area contributed by atoms with Crippen molar-refractivity contribution < 1.29 is 18.8 Å². The minimum Gasteiger partial charge on any atom is -0.508 e. The van der Waals surface area contributed by atoms with Crippen molar-refractivity contribution in [3.05, 3.63) is 71.8 Å². The topological polar surface area (TPSA) is 102 Å². The smallest absolute Gasteiger partial charge is 0.247 e. The Bertz CT molecular complexity index is 1120. The molecule has 0 aliphatic carbocycles. The van der Waals surface area contributed by atoms with Crippen LogP contribution in [0.15, 0.2) is 63.5 Å². The molecule has 2 aromatic heterocycles. The van der Waals surface area contributed by atoms with Crippen LogP contribution in [0.4, 0.5) is 0 Å². The van der Waals surface area contributed by atoms with Crippen LogP contribution in [0.3, 0.4) is 0 Å². The Morgan fingerprint density at radius 1 is 1.10 bits per heavy atom. The molecule has 1 unspecified atom stereocenters. The Morgan fingerprint density at radius 2 is 1.86 bits per heavy atom. The van der Waals surface area contributed by atoms with Crippen molar-refractivity contribution in [1.29, 1.82) is 0 Å². The monoisotopic (exact) mass is 407 g/mol. The molecule has 0 bridgehead atoms. The standard InChI is InChI=1S/C21H17N3O4S/c1-2-29-19(16-5-3-4-6-18(16)26)21-23-22-20(27-21)14-9-7-13(8-10-14)17-11-15(12-25)28-24-17/h3-12,19,26H,2H2,1H3. The van der Waals surface area contributed by atoms with E-state index in [0.29, 0.717) is 23.8 Å². The second-order valence-electron chi connectivity index (χ2n) is 6.15. The number of benzene rings is 2. The number of carbonyl (C=O) groups excluding carboxylic acids is 1. The lowest BCUT2D eigenvalue weighted by atomic mass is 10.1. The predicted octanol–water partition coefficient (Wildman–Crippen LogP) is 4.75. The van der Waals surface area contributed by atoms with Crippen LogP contribution in [0.2, 0.25) is 0 Å². The van der Waals surface area contributed by atoms with Crippen molar-refractivity contribution in [2.75, 3.05) is 5.75 Å². The molecular weight excluding hydrogens is 390 g/mol. The van der Waals surface area contributed by atoms with Crippen LogP contribution in [0.25, 0.3) is 22.7 Å². The average molecular weight is 407 g/mol. The second kappa shape index (κ2) is 8.32. The fraction of sp³-hybridized carbons (Fsp3) is 0.143. The van der Waals surface area contributed by atoms with Crippen molar-refractivity contribution in [2.24, 2.45) is 0 Å². The largest absolute Gasteiger partial charge is 0.508 e. The quantitative estimate of drug-likeness (QED) is 0.438. The molecule has 2 aromatic carbocycles. The number of nitrogens with zero attached hydrogens (tertiary/aromatic N) is 3. The van der Waals surface area contributed by atoms with E-state index in [1.807, 2.05) is 43.3 Å². The van der Waals surface area contributed by atoms with Crippen molar-refractivity contribution in [1.82, 2.24) is 15.4 Å². The molecule has 0 spiro atoms. The summed E-state index contributed by atoms with van der Waals surface area (Å²) in [5, 5.41) is 22.2. The van der Waals surface area contributed by atoms with Crippen LogP contribution >= 0.6 is 11.8 Å². The molecule has 7 nitrogen and oxygen atoms in total. The summed E-state index contributed by atoms with van der Waals surface area (Å²) in [7, 11) is 0. The van der Waals surface area contributed by atoms with Crippen molar-refractivity contribution >= 4 is 18.0 Å². The minimum atomic E-state index is -0.251. The Kier molecular flexibility index (Phi) is 5.44. The fourth-order valence-corrected chi connectivity index (χ4v) is 3.84. The van der Waals surface area contributed by atoms with E-state index in [9.17, 15) is 9.90 Å². The van der Waals surface area contributed by atoms with Gasteiger partial charge in [-0.2, -0.15) is 0 Å². The summed E-state index contributed by atoms with van der Waals surface area (Å²) in [6.45, 7) is 2.04. The first kappa shape index (κ1) is 18.9. The number of hydrogen-bond donors (Lipinski definition) is 1. The Labute approximate surface area is 170 Å². The number of carbonyl (C=O) groups is 1. The number of thioether (sulfide) groups is 1. The SMILES string of the molecule is CCSC(c1nnc(-c2ccc(-c3cc(C=O)on3)cc2)o1)c1ccccc1O. The summed E-state index contributed by atoms with van der Waals surface area (Å²) in [6, 6.07) is 16.1. The number of phenols is 1. The fourth-order valence-electron chi connectivity index (χ4n) is 2.89. The van der Waals surface area contributed by atoms with Gasteiger partial charge in [0.2, 0.25) is 11.8 Å². The lowest BCUT2D eigenvalue weighted by Gasteiger charge is -2.13. The van der Waals surface area contributed by atoms with Gasteiger partial charge >= 0.3 is 0 Å². The zero-order valence-electron chi connectivity index (χ0n) is 15.5. The highest BCUT2D eigenvalue weighted by Gasteiger charge is 2.24. The molecule has 1 atom stereocenters. The lowest BCUT2D eigenvalue weighted by Crippen LogP contribution is -1.98. The highest BCUT2D eigenvalue weighted by atomic mass is 32.2. The first-order valence-electron chi connectivity index (χ1n) is 8.95. The molecule has 0 saturated carbocycles. The van der Waals surface area contributed by atoms with Crippen molar-refractivity contribution in [3.63, 3.8) is 0 Å². The summed E-state index contributed by atoms with van der Waals surface area (Å²) in [5.41, 5.74) is 2.87. The summed E-state index contributed by atoms with van der Waals surface area (Å²) >= 11 is 1.61. The van der Waals surface area contributed by atoms with E-state index in [2.05, 4.69) is 15.4 Å². The number of para-hydroxylation sites is 1. The minimum absolute atomic E-state index is 0.175. The van der Waals surface area contributed by atoms with Gasteiger partial charge in [-0.15, -0.1) is 22.0 Å². The van der Waals surface area contributed by atoms with Crippen LogP contribution in [-0.2, 0) is 0 Å².